The van der Waals surface area contributed by atoms with Gasteiger partial charge in [0, 0.05) is 0 Å². The van der Waals surface area contributed by atoms with Gasteiger partial charge in [0.05, 0.1) is 22.1 Å². The maximum absolute atomic E-state index is 12.7. The van der Waals surface area contributed by atoms with E-state index < -0.39 is 24.8 Å². The van der Waals surface area contributed by atoms with Gasteiger partial charge in [0.2, 0.25) is 0 Å². The van der Waals surface area contributed by atoms with E-state index in [0.717, 1.165) is 0 Å². The number of carbonyl (C=O) groups is 1. The van der Waals surface area contributed by atoms with E-state index in [1.807, 2.05) is 0 Å². The van der Waals surface area contributed by atoms with Gasteiger partial charge in [0.25, 0.3) is 0 Å². The predicted molar refractivity (Wildman–Crippen MR) is 64.4 cm³/mol. The van der Waals surface area contributed by atoms with Crippen LogP contribution in [0.2, 0.25) is 0 Å². The number of ether oxygens (including phenoxy) is 2. The van der Waals surface area contributed by atoms with Gasteiger partial charge in [-0.15, -0.1) is 13.2 Å². The van der Waals surface area contributed by atoms with E-state index in [1.165, 1.54) is 29.5 Å². The van der Waals surface area contributed by atoms with Gasteiger partial charge >= 0.3 is 12.3 Å². The lowest BCUT2D eigenvalue weighted by molar-refractivity contribution is -0.275. The van der Waals surface area contributed by atoms with Crippen LogP contribution in [-0.4, -0.2) is 23.9 Å². The Morgan fingerprint density at radius 1 is 1.47 bits per heavy atom. The number of halogens is 5. The summed E-state index contributed by atoms with van der Waals surface area (Å²) in [5.74, 6) is -1.62. The van der Waals surface area contributed by atoms with Gasteiger partial charge < -0.3 is 9.47 Å². The summed E-state index contributed by atoms with van der Waals surface area (Å²) >= 11 is 1.45. The number of pyridine rings is 1. The van der Waals surface area contributed by atoms with Gasteiger partial charge in [-0.3, -0.25) is 4.98 Å². The summed E-state index contributed by atoms with van der Waals surface area (Å²) < 4.78 is 57.3. The van der Waals surface area contributed by atoms with Crippen LogP contribution in [-0.2, 0) is 11.4 Å². The molecule has 0 aliphatic carbocycles. The highest BCUT2D eigenvalue weighted by atomic mass is 127. The molecule has 4 nitrogen and oxygen atoms in total. The van der Waals surface area contributed by atoms with Crippen molar-refractivity contribution in [2.45, 2.75) is 20.0 Å². The molecule has 0 aromatic carbocycles. The average molecular weight is 393 g/mol. The van der Waals surface area contributed by atoms with Crippen molar-refractivity contribution in [1.29, 1.82) is 0 Å². The molecule has 0 aliphatic rings. The lowest BCUT2D eigenvalue weighted by Crippen LogP contribution is -2.20. The summed E-state index contributed by atoms with van der Waals surface area (Å²) in [4.78, 5) is 15.0. The minimum atomic E-state index is -4.93. The van der Waals surface area contributed by atoms with Crippen LogP contribution >= 0.6 is 22.6 Å². The zero-order valence-corrected chi connectivity index (χ0v) is 11.7. The zero-order valence-electron chi connectivity index (χ0n) is 9.55. The Morgan fingerprint density at radius 2 is 2.11 bits per heavy atom. The quantitative estimate of drug-likeness (QED) is 0.448. The van der Waals surface area contributed by atoms with Gasteiger partial charge in [-0.2, -0.15) is 0 Å². The molecule has 0 atom stereocenters. The molecule has 0 unspecified atom stereocenters. The third-order valence-corrected chi connectivity index (χ3v) is 2.96. The molecular formula is C10H8F4INO3. The smallest absolute Gasteiger partial charge is 0.462 e. The first kappa shape index (κ1) is 15.9. The van der Waals surface area contributed by atoms with Crippen LogP contribution < -0.4 is 4.74 Å². The summed E-state index contributed by atoms with van der Waals surface area (Å²) in [7, 11) is 0. The molecule has 0 spiro atoms. The molecule has 106 valence electrons. The van der Waals surface area contributed by atoms with Crippen molar-refractivity contribution >= 4 is 28.6 Å². The van der Waals surface area contributed by atoms with Crippen molar-refractivity contribution < 1.29 is 31.8 Å². The minimum Gasteiger partial charge on any atom is -0.462 e. The van der Waals surface area contributed by atoms with Crippen molar-refractivity contribution in [2.24, 2.45) is 0 Å². The van der Waals surface area contributed by atoms with Crippen molar-refractivity contribution in [3.8, 4) is 5.75 Å². The lowest BCUT2D eigenvalue weighted by atomic mass is 10.2. The number of hydrogen-bond donors (Lipinski definition) is 0. The van der Waals surface area contributed by atoms with Gasteiger partial charge in [-0.25, -0.2) is 9.18 Å². The minimum absolute atomic E-state index is 0.00496. The summed E-state index contributed by atoms with van der Waals surface area (Å²) in [5.41, 5.74) is -0.649. The van der Waals surface area contributed by atoms with E-state index in [-0.39, 0.29) is 21.4 Å². The number of nitrogens with zero attached hydrogens (tertiary/aromatic N) is 1. The largest absolute Gasteiger partial charge is 0.573 e. The fourth-order valence-corrected chi connectivity index (χ4v) is 2.00. The summed E-state index contributed by atoms with van der Waals surface area (Å²) in [6.45, 7) is 0.421. The molecule has 0 aliphatic heterocycles. The van der Waals surface area contributed by atoms with E-state index >= 15 is 0 Å². The third-order valence-electron chi connectivity index (χ3n) is 1.89. The van der Waals surface area contributed by atoms with Gasteiger partial charge in [0.15, 0.2) is 5.75 Å². The van der Waals surface area contributed by atoms with Crippen LogP contribution in [0.5, 0.6) is 5.75 Å². The number of hydrogen-bond acceptors (Lipinski definition) is 4. The molecule has 0 radical (unpaired) electrons. The van der Waals surface area contributed by atoms with Crippen LogP contribution in [0.25, 0.3) is 0 Å². The summed E-state index contributed by atoms with van der Waals surface area (Å²) in [6.07, 6.45) is -4.21. The molecule has 0 saturated heterocycles. The maximum Gasteiger partial charge on any atom is 0.573 e. The lowest BCUT2D eigenvalue weighted by Gasteiger charge is -2.14. The first-order valence-electron chi connectivity index (χ1n) is 4.96. The van der Waals surface area contributed by atoms with E-state index in [9.17, 15) is 22.4 Å². The van der Waals surface area contributed by atoms with E-state index in [1.54, 1.807) is 0 Å². The topological polar surface area (TPSA) is 48.4 Å². The molecular weight excluding hydrogens is 385 g/mol. The first-order valence-corrected chi connectivity index (χ1v) is 6.04. The third kappa shape index (κ3) is 4.18. The number of carbonyl (C=O) groups excluding carboxylic acids is 1. The Bertz CT molecular complexity index is 479. The molecule has 0 saturated carbocycles. The fraction of sp³-hybridized carbons (Fsp3) is 0.400. The molecule has 0 N–H and O–H groups in total. The number of esters is 1. The number of alkyl halides is 4. The molecule has 19 heavy (non-hydrogen) atoms. The van der Waals surface area contributed by atoms with Crippen LogP contribution in [0.15, 0.2) is 6.20 Å². The van der Waals surface area contributed by atoms with E-state index in [2.05, 4.69) is 14.5 Å². The van der Waals surface area contributed by atoms with Crippen molar-refractivity contribution in [1.82, 2.24) is 4.98 Å². The molecule has 0 bridgehead atoms. The monoisotopic (exact) mass is 393 g/mol. The Kier molecular flexibility index (Phi) is 5.32. The zero-order chi connectivity index (χ0) is 14.6. The molecule has 1 aromatic rings. The SMILES string of the molecule is CCOC(=O)c1c(CF)ncc(OC(F)(F)F)c1I. The van der Waals surface area contributed by atoms with Crippen LogP contribution in [0.1, 0.15) is 23.0 Å². The van der Waals surface area contributed by atoms with Crippen molar-refractivity contribution in [3.05, 3.63) is 21.0 Å². The molecule has 1 heterocycles. The Labute approximate surface area is 119 Å². The second kappa shape index (κ2) is 6.35. The van der Waals surface area contributed by atoms with Crippen molar-refractivity contribution in [2.75, 3.05) is 6.61 Å². The molecule has 1 aromatic heterocycles. The van der Waals surface area contributed by atoms with Gasteiger partial charge in [0.1, 0.15) is 12.2 Å². The molecule has 0 amide bonds. The Hall–Kier alpha value is -1.13. The Balaban J connectivity index is 3.25. The summed E-state index contributed by atoms with van der Waals surface area (Å²) in [6, 6.07) is 0. The summed E-state index contributed by atoms with van der Waals surface area (Å²) in [5, 5.41) is 0. The normalized spacial score (nSPS) is 11.3. The van der Waals surface area contributed by atoms with E-state index in [4.69, 9.17) is 0 Å². The predicted octanol–water partition coefficient (Wildman–Crippen LogP) is 3.23. The van der Waals surface area contributed by atoms with Crippen LogP contribution in [0.3, 0.4) is 0 Å². The molecule has 9 heteroatoms. The van der Waals surface area contributed by atoms with Gasteiger partial charge in [-0.1, -0.05) is 0 Å². The first-order chi connectivity index (χ1) is 8.80. The van der Waals surface area contributed by atoms with Crippen LogP contribution in [0, 0.1) is 3.57 Å². The highest BCUT2D eigenvalue weighted by molar-refractivity contribution is 14.1. The average Bonchev–Trinajstić information content (AvgIpc) is 2.30. The second-order valence-corrected chi connectivity index (χ2v) is 4.24. The Morgan fingerprint density at radius 3 is 2.58 bits per heavy atom. The van der Waals surface area contributed by atoms with Crippen molar-refractivity contribution in [3.63, 3.8) is 0 Å². The maximum atomic E-state index is 12.7. The highest BCUT2D eigenvalue weighted by Crippen LogP contribution is 2.31. The fourth-order valence-electron chi connectivity index (χ4n) is 1.22. The standard InChI is InChI=1S/C10H8F4INO3/c1-2-18-9(17)7-5(3-11)16-4-6(8(7)15)19-10(12,13)14/h4H,2-3H2,1H3. The number of rotatable bonds is 4. The van der Waals surface area contributed by atoms with Gasteiger partial charge in [-0.05, 0) is 29.5 Å². The molecule has 1 rings (SSSR count). The van der Waals surface area contributed by atoms with Crippen LogP contribution in [0.4, 0.5) is 17.6 Å². The second-order valence-electron chi connectivity index (χ2n) is 3.16. The van der Waals surface area contributed by atoms with E-state index in [0.29, 0.717) is 6.20 Å². The molecule has 0 fully saturated rings. The highest BCUT2D eigenvalue weighted by Gasteiger charge is 2.33. The number of aromatic nitrogens is 1.